The average molecular weight is 371 g/mol. The van der Waals surface area contributed by atoms with Gasteiger partial charge in [-0.3, -0.25) is 4.79 Å². The molecule has 1 unspecified atom stereocenters. The van der Waals surface area contributed by atoms with Crippen LogP contribution in [-0.2, 0) is 11.2 Å². The maximum absolute atomic E-state index is 13.0. The molecule has 27 heavy (non-hydrogen) atoms. The van der Waals surface area contributed by atoms with E-state index in [2.05, 4.69) is 27.2 Å². The number of benzene rings is 2. The number of hydrazine groups is 3. The van der Waals surface area contributed by atoms with Crippen LogP contribution in [-0.4, -0.2) is 24.3 Å². The fourth-order valence-electron chi connectivity index (χ4n) is 2.98. The number of anilines is 1. The van der Waals surface area contributed by atoms with Crippen LogP contribution in [0.1, 0.15) is 16.7 Å². The quantitative estimate of drug-likeness (QED) is 0.454. The Bertz CT molecular complexity index is 821. The molecule has 1 heterocycles. The summed E-state index contributed by atoms with van der Waals surface area (Å²) < 4.78 is 5.17. The van der Waals surface area contributed by atoms with Crippen molar-refractivity contribution in [2.45, 2.75) is 26.4 Å². The van der Waals surface area contributed by atoms with Crippen molar-refractivity contribution in [3.63, 3.8) is 0 Å². The number of aromatic hydroxyl groups is 1. The normalized spacial score (nSPS) is 15.5. The van der Waals surface area contributed by atoms with Crippen LogP contribution in [0.3, 0.4) is 0 Å². The van der Waals surface area contributed by atoms with Gasteiger partial charge in [-0.2, -0.15) is 11.1 Å². The van der Waals surface area contributed by atoms with Crippen LogP contribution in [0.5, 0.6) is 11.5 Å². The number of amides is 1. The SMILES string of the molecule is COc1cc(CC(C(=O)Nc2ccc(C)c(C)c2)C2NNNN2)ccc1O. The van der Waals surface area contributed by atoms with Crippen molar-refractivity contribution in [3.05, 3.63) is 53.1 Å². The molecular formula is C19H25N5O3. The second kappa shape index (κ2) is 8.36. The van der Waals surface area contributed by atoms with Crippen LogP contribution < -0.4 is 32.0 Å². The molecular weight excluding hydrogens is 346 g/mol. The summed E-state index contributed by atoms with van der Waals surface area (Å²) in [6.45, 7) is 4.05. The summed E-state index contributed by atoms with van der Waals surface area (Å²) in [6.07, 6.45) is 0.123. The van der Waals surface area contributed by atoms with Crippen molar-refractivity contribution in [3.8, 4) is 11.5 Å². The summed E-state index contributed by atoms with van der Waals surface area (Å²) >= 11 is 0. The number of hydrogen-bond donors (Lipinski definition) is 6. The molecule has 0 radical (unpaired) electrons. The third-order valence-electron chi connectivity index (χ3n) is 4.73. The lowest BCUT2D eigenvalue weighted by Crippen LogP contribution is -2.47. The molecule has 8 heteroatoms. The minimum absolute atomic E-state index is 0.0674. The van der Waals surface area contributed by atoms with Crippen molar-refractivity contribution < 1.29 is 14.6 Å². The van der Waals surface area contributed by atoms with Crippen molar-refractivity contribution in [1.82, 2.24) is 21.9 Å². The molecule has 144 valence electrons. The summed E-state index contributed by atoms with van der Waals surface area (Å²) in [5, 5.41) is 12.8. The fourth-order valence-corrected chi connectivity index (χ4v) is 2.98. The van der Waals surface area contributed by atoms with E-state index < -0.39 is 5.92 Å². The van der Waals surface area contributed by atoms with E-state index in [-0.39, 0.29) is 17.8 Å². The van der Waals surface area contributed by atoms with E-state index >= 15 is 0 Å². The highest BCUT2D eigenvalue weighted by atomic mass is 16.5. The Hall–Kier alpha value is -2.65. The van der Waals surface area contributed by atoms with E-state index in [4.69, 9.17) is 4.74 Å². The molecule has 6 N–H and O–H groups in total. The van der Waals surface area contributed by atoms with E-state index in [0.29, 0.717) is 12.2 Å². The number of rotatable bonds is 6. The molecule has 0 saturated carbocycles. The Morgan fingerprint density at radius 3 is 2.56 bits per heavy atom. The third-order valence-corrected chi connectivity index (χ3v) is 4.73. The first kappa shape index (κ1) is 19.1. The molecule has 0 aromatic heterocycles. The van der Waals surface area contributed by atoms with Crippen molar-refractivity contribution >= 4 is 11.6 Å². The van der Waals surface area contributed by atoms with Gasteiger partial charge in [0.2, 0.25) is 5.91 Å². The molecule has 1 amide bonds. The zero-order chi connectivity index (χ0) is 19.4. The first-order chi connectivity index (χ1) is 13.0. The number of hydrogen-bond acceptors (Lipinski definition) is 7. The van der Waals surface area contributed by atoms with Crippen molar-refractivity contribution in [1.29, 1.82) is 0 Å². The number of nitrogens with one attached hydrogen (secondary N) is 5. The monoisotopic (exact) mass is 371 g/mol. The van der Waals surface area contributed by atoms with E-state index in [0.717, 1.165) is 16.8 Å². The Morgan fingerprint density at radius 1 is 1.15 bits per heavy atom. The van der Waals surface area contributed by atoms with Gasteiger partial charge in [-0.25, -0.2) is 10.9 Å². The molecule has 1 saturated heterocycles. The van der Waals surface area contributed by atoms with Gasteiger partial charge < -0.3 is 15.2 Å². The van der Waals surface area contributed by atoms with Gasteiger partial charge in [0.05, 0.1) is 19.2 Å². The molecule has 0 bridgehead atoms. The molecule has 1 fully saturated rings. The van der Waals surface area contributed by atoms with Crippen molar-refractivity contribution in [2.75, 3.05) is 12.4 Å². The molecule has 1 aliphatic heterocycles. The van der Waals surface area contributed by atoms with E-state index in [1.54, 1.807) is 18.2 Å². The number of methoxy groups -OCH3 is 1. The van der Waals surface area contributed by atoms with E-state index in [1.807, 2.05) is 32.0 Å². The Balaban J connectivity index is 1.80. The number of carbonyl (C=O) groups is 1. The second-order valence-corrected chi connectivity index (χ2v) is 6.62. The number of phenols is 1. The van der Waals surface area contributed by atoms with Crippen molar-refractivity contribution in [2.24, 2.45) is 5.92 Å². The van der Waals surface area contributed by atoms with Gasteiger partial charge in [-0.1, -0.05) is 12.1 Å². The molecule has 0 spiro atoms. The second-order valence-electron chi connectivity index (χ2n) is 6.62. The molecule has 1 atom stereocenters. The molecule has 3 rings (SSSR count). The van der Waals surface area contributed by atoms with Gasteiger partial charge >= 0.3 is 0 Å². The first-order valence-corrected chi connectivity index (χ1v) is 8.73. The minimum atomic E-state index is -0.427. The standard InChI is InChI=1S/C19H25N5O3/c1-11-4-6-14(8-12(11)2)20-19(26)15(18-21-23-24-22-18)9-13-5-7-16(25)17(10-13)27-3/h4-8,10,15,18,21-25H,9H2,1-3H3,(H,20,26). The molecule has 1 aliphatic rings. The molecule has 8 nitrogen and oxygen atoms in total. The van der Waals surface area contributed by atoms with Gasteiger partial charge in [-0.15, -0.1) is 0 Å². The predicted octanol–water partition coefficient (Wildman–Crippen LogP) is 1.26. The first-order valence-electron chi connectivity index (χ1n) is 8.73. The van der Waals surface area contributed by atoms with Crippen LogP contribution in [0.4, 0.5) is 5.69 Å². The van der Waals surface area contributed by atoms with Crippen LogP contribution in [0.2, 0.25) is 0 Å². The highest BCUT2D eigenvalue weighted by Crippen LogP contribution is 2.28. The van der Waals surface area contributed by atoms with Gasteiger partial charge in [0, 0.05) is 5.69 Å². The van der Waals surface area contributed by atoms with Gasteiger partial charge in [0.1, 0.15) is 0 Å². The molecule has 0 aliphatic carbocycles. The summed E-state index contributed by atoms with van der Waals surface area (Å²) in [6, 6.07) is 10.9. The summed E-state index contributed by atoms with van der Waals surface area (Å²) in [4.78, 5) is 13.0. The van der Waals surface area contributed by atoms with E-state index in [9.17, 15) is 9.90 Å². The maximum atomic E-state index is 13.0. The molecule has 2 aromatic rings. The van der Waals surface area contributed by atoms with E-state index in [1.165, 1.54) is 12.7 Å². The topological polar surface area (TPSA) is 107 Å². The summed E-state index contributed by atoms with van der Waals surface area (Å²) in [7, 11) is 1.50. The minimum Gasteiger partial charge on any atom is -0.504 e. The Morgan fingerprint density at radius 2 is 1.89 bits per heavy atom. The molecule has 2 aromatic carbocycles. The average Bonchev–Trinajstić information content (AvgIpc) is 3.18. The van der Waals surface area contributed by atoms with Crippen LogP contribution >= 0.6 is 0 Å². The van der Waals surface area contributed by atoms with Crippen LogP contribution in [0.15, 0.2) is 36.4 Å². The largest absolute Gasteiger partial charge is 0.504 e. The van der Waals surface area contributed by atoms with Crippen LogP contribution in [0, 0.1) is 19.8 Å². The number of ether oxygens (including phenoxy) is 1. The highest BCUT2D eigenvalue weighted by Gasteiger charge is 2.31. The lowest BCUT2D eigenvalue weighted by Gasteiger charge is -2.22. The summed E-state index contributed by atoms with van der Waals surface area (Å²) in [5.41, 5.74) is 15.4. The Kier molecular flexibility index (Phi) is 5.92. The summed E-state index contributed by atoms with van der Waals surface area (Å²) in [5.74, 6) is -0.105. The zero-order valence-electron chi connectivity index (χ0n) is 15.6. The number of aryl methyl sites for hydroxylation is 2. The number of phenolic OH excluding ortho intramolecular Hbond substituents is 1. The van der Waals surface area contributed by atoms with Gasteiger partial charge in [0.25, 0.3) is 0 Å². The highest BCUT2D eigenvalue weighted by molar-refractivity contribution is 5.93. The predicted molar refractivity (Wildman–Crippen MR) is 103 cm³/mol. The smallest absolute Gasteiger partial charge is 0.230 e. The lowest BCUT2D eigenvalue weighted by molar-refractivity contribution is -0.120. The maximum Gasteiger partial charge on any atom is 0.230 e. The van der Waals surface area contributed by atoms with Gasteiger partial charge in [-0.05, 0) is 61.2 Å². The fraction of sp³-hybridized carbons (Fsp3) is 0.316. The third kappa shape index (κ3) is 4.55. The lowest BCUT2D eigenvalue weighted by atomic mass is 9.95. The van der Waals surface area contributed by atoms with Crippen LogP contribution in [0.25, 0.3) is 0 Å². The van der Waals surface area contributed by atoms with Gasteiger partial charge in [0.15, 0.2) is 11.5 Å². The number of carbonyl (C=O) groups excluding carboxylic acids is 1. The zero-order valence-corrected chi connectivity index (χ0v) is 15.6. The Labute approximate surface area is 158 Å².